The molecule has 0 atom stereocenters. The SMILES string of the molecule is C#CCOc1ccc(C(=O)NC2(C(=O)O)CCCCCC2)cc1. The lowest BCUT2D eigenvalue weighted by atomic mass is 9.90. The molecule has 0 radical (unpaired) electrons. The van der Waals surface area contributed by atoms with Gasteiger partial charge in [0.05, 0.1) is 0 Å². The zero-order valence-electron chi connectivity index (χ0n) is 13.0. The van der Waals surface area contributed by atoms with E-state index in [9.17, 15) is 14.7 Å². The highest BCUT2D eigenvalue weighted by atomic mass is 16.5. The highest BCUT2D eigenvalue weighted by Crippen LogP contribution is 2.28. The van der Waals surface area contributed by atoms with Crippen LogP contribution in [0.5, 0.6) is 5.75 Å². The lowest BCUT2D eigenvalue weighted by Gasteiger charge is -2.29. The molecule has 5 heteroatoms. The largest absolute Gasteiger partial charge is 0.481 e. The predicted molar refractivity (Wildman–Crippen MR) is 86.3 cm³/mol. The molecule has 122 valence electrons. The Morgan fingerprint density at radius 2 is 1.78 bits per heavy atom. The van der Waals surface area contributed by atoms with Gasteiger partial charge in [0, 0.05) is 5.56 Å². The van der Waals surface area contributed by atoms with Crippen molar-refractivity contribution in [3.63, 3.8) is 0 Å². The van der Waals surface area contributed by atoms with Crippen molar-refractivity contribution in [1.82, 2.24) is 5.32 Å². The zero-order valence-corrected chi connectivity index (χ0v) is 13.0. The molecule has 2 N–H and O–H groups in total. The van der Waals surface area contributed by atoms with E-state index in [1.807, 2.05) is 0 Å². The number of carboxylic acids is 1. The number of terminal acetylenes is 1. The second-order valence-corrected chi connectivity index (χ2v) is 5.77. The number of rotatable bonds is 5. The lowest BCUT2D eigenvalue weighted by molar-refractivity contribution is -0.145. The van der Waals surface area contributed by atoms with Crippen LogP contribution in [0.4, 0.5) is 0 Å². The molecular weight excluding hydrogens is 294 g/mol. The van der Waals surface area contributed by atoms with Crippen molar-refractivity contribution < 1.29 is 19.4 Å². The minimum absolute atomic E-state index is 0.160. The molecule has 0 heterocycles. The van der Waals surface area contributed by atoms with Gasteiger partial charge in [0.1, 0.15) is 17.9 Å². The van der Waals surface area contributed by atoms with Crippen molar-refractivity contribution in [2.24, 2.45) is 0 Å². The van der Waals surface area contributed by atoms with Crippen LogP contribution in [-0.2, 0) is 4.79 Å². The van der Waals surface area contributed by atoms with Gasteiger partial charge in [0.25, 0.3) is 5.91 Å². The smallest absolute Gasteiger partial charge is 0.329 e. The molecule has 1 aromatic rings. The Bertz CT molecular complexity index is 592. The van der Waals surface area contributed by atoms with Crippen LogP contribution in [-0.4, -0.2) is 29.1 Å². The van der Waals surface area contributed by atoms with E-state index in [0.717, 1.165) is 25.7 Å². The molecule has 0 saturated heterocycles. The Morgan fingerprint density at radius 1 is 1.17 bits per heavy atom. The number of benzene rings is 1. The van der Waals surface area contributed by atoms with E-state index >= 15 is 0 Å². The van der Waals surface area contributed by atoms with Crippen LogP contribution in [0.25, 0.3) is 0 Å². The minimum Gasteiger partial charge on any atom is -0.481 e. The van der Waals surface area contributed by atoms with Crippen molar-refractivity contribution in [2.45, 2.75) is 44.1 Å². The van der Waals surface area contributed by atoms with Crippen molar-refractivity contribution in [3.8, 4) is 18.1 Å². The Labute approximate surface area is 136 Å². The van der Waals surface area contributed by atoms with Gasteiger partial charge >= 0.3 is 5.97 Å². The zero-order chi connectivity index (χ0) is 16.7. The van der Waals surface area contributed by atoms with Crippen LogP contribution in [0.3, 0.4) is 0 Å². The number of carboxylic acid groups (broad SMARTS) is 1. The third-order valence-corrected chi connectivity index (χ3v) is 4.16. The normalized spacial score (nSPS) is 16.7. The number of ether oxygens (including phenoxy) is 1. The summed E-state index contributed by atoms with van der Waals surface area (Å²) in [5.41, 5.74) is -0.755. The molecule has 0 aromatic heterocycles. The third kappa shape index (κ3) is 4.26. The summed E-state index contributed by atoms with van der Waals surface area (Å²) in [6.45, 7) is 0.160. The number of hydrogen-bond donors (Lipinski definition) is 2. The first-order valence-electron chi connectivity index (χ1n) is 7.80. The van der Waals surface area contributed by atoms with Gasteiger partial charge in [-0.05, 0) is 37.1 Å². The molecule has 1 fully saturated rings. The molecule has 0 bridgehead atoms. The summed E-state index contributed by atoms with van der Waals surface area (Å²) < 4.78 is 5.25. The van der Waals surface area contributed by atoms with E-state index < -0.39 is 11.5 Å². The van der Waals surface area contributed by atoms with Crippen molar-refractivity contribution in [3.05, 3.63) is 29.8 Å². The van der Waals surface area contributed by atoms with Gasteiger partial charge in [0.15, 0.2) is 0 Å². The molecule has 1 aliphatic carbocycles. The van der Waals surface area contributed by atoms with Crippen LogP contribution >= 0.6 is 0 Å². The molecule has 1 saturated carbocycles. The molecule has 1 amide bonds. The predicted octanol–water partition coefficient (Wildman–Crippen LogP) is 2.61. The van der Waals surface area contributed by atoms with E-state index in [2.05, 4.69) is 11.2 Å². The molecule has 2 rings (SSSR count). The summed E-state index contributed by atoms with van der Waals surface area (Å²) in [6, 6.07) is 6.50. The number of hydrogen-bond acceptors (Lipinski definition) is 3. The van der Waals surface area contributed by atoms with Gasteiger partial charge in [-0.1, -0.05) is 31.6 Å². The maximum absolute atomic E-state index is 12.4. The van der Waals surface area contributed by atoms with Crippen LogP contribution in [0.2, 0.25) is 0 Å². The number of carbonyl (C=O) groups excluding carboxylic acids is 1. The third-order valence-electron chi connectivity index (χ3n) is 4.16. The second-order valence-electron chi connectivity index (χ2n) is 5.77. The number of carbonyl (C=O) groups is 2. The second kappa shape index (κ2) is 7.68. The molecule has 5 nitrogen and oxygen atoms in total. The summed E-state index contributed by atoms with van der Waals surface area (Å²) in [7, 11) is 0. The first-order chi connectivity index (χ1) is 11.1. The molecule has 0 spiro atoms. The highest BCUT2D eigenvalue weighted by molar-refractivity contribution is 5.98. The van der Waals surface area contributed by atoms with Gasteiger partial charge < -0.3 is 15.2 Å². The van der Waals surface area contributed by atoms with Crippen LogP contribution in [0.1, 0.15) is 48.9 Å². The number of aliphatic carboxylic acids is 1. The quantitative estimate of drug-likeness (QED) is 0.647. The fraction of sp³-hybridized carbons (Fsp3) is 0.444. The Morgan fingerprint density at radius 3 is 2.30 bits per heavy atom. The Hall–Kier alpha value is -2.48. The fourth-order valence-electron chi connectivity index (χ4n) is 2.84. The molecule has 1 aromatic carbocycles. The lowest BCUT2D eigenvalue weighted by Crippen LogP contribution is -2.54. The fourth-order valence-corrected chi connectivity index (χ4v) is 2.84. The van der Waals surface area contributed by atoms with Gasteiger partial charge in [-0.15, -0.1) is 6.42 Å². The highest BCUT2D eigenvalue weighted by Gasteiger charge is 2.40. The maximum atomic E-state index is 12.4. The van der Waals surface area contributed by atoms with Gasteiger partial charge in [0.2, 0.25) is 0 Å². The van der Waals surface area contributed by atoms with Crippen LogP contribution in [0.15, 0.2) is 24.3 Å². The Kier molecular flexibility index (Phi) is 5.64. The maximum Gasteiger partial charge on any atom is 0.329 e. The van der Waals surface area contributed by atoms with E-state index in [-0.39, 0.29) is 12.5 Å². The first-order valence-corrected chi connectivity index (χ1v) is 7.80. The summed E-state index contributed by atoms with van der Waals surface area (Å²) in [4.78, 5) is 24.1. The average molecular weight is 315 g/mol. The molecular formula is C18H21NO4. The monoisotopic (exact) mass is 315 g/mol. The standard InChI is InChI=1S/C18H21NO4/c1-2-13-23-15-9-7-14(8-10-15)16(20)19-18(17(21)22)11-5-3-4-6-12-18/h1,7-10H,3-6,11-13H2,(H,19,20)(H,21,22). The van der Waals surface area contributed by atoms with E-state index in [1.54, 1.807) is 24.3 Å². The van der Waals surface area contributed by atoms with Gasteiger partial charge in [-0.25, -0.2) is 4.79 Å². The topological polar surface area (TPSA) is 75.6 Å². The number of nitrogens with one attached hydrogen (secondary N) is 1. The number of amides is 1. The first kappa shape index (κ1) is 16.9. The van der Waals surface area contributed by atoms with Crippen LogP contribution in [0, 0.1) is 12.3 Å². The van der Waals surface area contributed by atoms with E-state index in [0.29, 0.717) is 24.2 Å². The summed E-state index contributed by atoms with van der Waals surface area (Å²) in [5, 5.41) is 12.3. The van der Waals surface area contributed by atoms with Crippen molar-refractivity contribution in [1.29, 1.82) is 0 Å². The van der Waals surface area contributed by atoms with Gasteiger partial charge in [-0.2, -0.15) is 0 Å². The Balaban J connectivity index is 2.09. The summed E-state index contributed by atoms with van der Waals surface area (Å²) >= 11 is 0. The van der Waals surface area contributed by atoms with Gasteiger partial charge in [-0.3, -0.25) is 4.79 Å². The summed E-state index contributed by atoms with van der Waals surface area (Å²) in [6.07, 6.45) is 9.69. The van der Waals surface area contributed by atoms with Crippen molar-refractivity contribution in [2.75, 3.05) is 6.61 Å². The summed E-state index contributed by atoms with van der Waals surface area (Å²) in [5.74, 6) is 1.60. The average Bonchev–Trinajstić information content (AvgIpc) is 2.80. The minimum atomic E-state index is -1.16. The van der Waals surface area contributed by atoms with E-state index in [1.165, 1.54) is 0 Å². The molecule has 23 heavy (non-hydrogen) atoms. The molecule has 0 unspecified atom stereocenters. The molecule has 0 aliphatic heterocycles. The van der Waals surface area contributed by atoms with E-state index in [4.69, 9.17) is 11.2 Å². The van der Waals surface area contributed by atoms with Crippen LogP contribution < -0.4 is 10.1 Å². The molecule has 1 aliphatic rings. The van der Waals surface area contributed by atoms with Crippen molar-refractivity contribution >= 4 is 11.9 Å².